The average Bonchev–Trinajstić information content (AvgIpc) is 3.41. The van der Waals surface area contributed by atoms with Crippen LogP contribution in [0.1, 0.15) is 57.8 Å². The molecule has 0 fully saturated rings. The van der Waals surface area contributed by atoms with Gasteiger partial charge < -0.3 is 10.7 Å². The lowest BCUT2D eigenvalue weighted by atomic mass is 9.52. The third kappa shape index (κ3) is 3.36. The highest BCUT2D eigenvalue weighted by Crippen LogP contribution is 2.61. The summed E-state index contributed by atoms with van der Waals surface area (Å²) in [5.74, 6) is -0.957. The summed E-state index contributed by atoms with van der Waals surface area (Å²) in [4.78, 5) is 34.0. The fourth-order valence-electron chi connectivity index (χ4n) is 6.79. The number of nitrogens with zero attached hydrogens (tertiary/aromatic N) is 1. The lowest BCUT2D eigenvalue weighted by molar-refractivity contribution is -0.126. The van der Waals surface area contributed by atoms with E-state index in [0.29, 0.717) is 29.0 Å². The normalized spacial score (nSPS) is 20.9. The number of H-pyrrole nitrogens is 1. The third-order valence-corrected chi connectivity index (χ3v) is 8.50. The SMILES string of the molecule is CC1(C(=O)Nc2ncc(-c3ccc(F)c4ccccc34)[nH]2)CC2c3ccccc3C1c1cccc(C(N)=O)c12. The van der Waals surface area contributed by atoms with Crippen molar-refractivity contribution in [2.45, 2.75) is 25.2 Å². The van der Waals surface area contributed by atoms with Gasteiger partial charge in [-0.1, -0.05) is 60.7 Å². The topological polar surface area (TPSA) is 101 Å². The molecule has 0 aliphatic heterocycles. The number of aromatic amines is 1. The summed E-state index contributed by atoms with van der Waals surface area (Å²) in [6.07, 6.45) is 2.18. The standard InChI is InChI=1S/C32H25FN4O2/c1-32(15-24-18-8-3-5-10-21(18)28(32)22-11-6-12-23(27(22)24)29(34)38)30(39)37-31-35-16-26(36-31)20-13-14-25(33)19-9-4-2-7-17(19)20/h2-14,16,24,28H,15H2,1H3,(H2,34,38)(H2,35,36,37,39). The van der Waals surface area contributed by atoms with Crippen molar-refractivity contribution in [2.24, 2.45) is 11.1 Å². The summed E-state index contributed by atoms with van der Waals surface area (Å²) in [6.45, 7) is 1.98. The first-order chi connectivity index (χ1) is 18.9. The highest BCUT2D eigenvalue weighted by Gasteiger charge is 2.54. The van der Waals surface area contributed by atoms with Crippen molar-refractivity contribution in [3.63, 3.8) is 0 Å². The van der Waals surface area contributed by atoms with Crippen molar-refractivity contribution in [2.75, 3.05) is 5.32 Å². The number of primary amides is 1. The maximum Gasteiger partial charge on any atom is 0.249 e. The molecule has 39 heavy (non-hydrogen) atoms. The molecule has 2 bridgehead atoms. The molecule has 0 spiro atoms. The zero-order chi connectivity index (χ0) is 26.9. The maximum atomic E-state index is 14.4. The monoisotopic (exact) mass is 516 g/mol. The molecular formula is C32H25FN4O2. The summed E-state index contributed by atoms with van der Waals surface area (Å²) in [5.41, 5.74) is 11.1. The van der Waals surface area contributed by atoms with Crippen LogP contribution in [-0.2, 0) is 4.79 Å². The van der Waals surface area contributed by atoms with Gasteiger partial charge in [-0.3, -0.25) is 14.9 Å². The number of nitrogens with one attached hydrogen (secondary N) is 2. The molecule has 4 aromatic carbocycles. The second kappa shape index (κ2) is 8.36. The van der Waals surface area contributed by atoms with E-state index in [-0.39, 0.29) is 23.6 Å². The van der Waals surface area contributed by atoms with E-state index < -0.39 is 11.3 Å². The summed E-state index contributed by atoms with van der Waals surface area (Å²) >= 11 is 0. The Balaban J connectivity index is 1.26. The number of carbonyl (C=O) groups is 2. The van der Waals surface area contributed by atoms with Gasteiger partial charge in [0.05, 0.1) is 17.3 Å². The Labute approximate surface area is 224 Å². The van der Waals surface area contributed by atoms with Crippen LogP contribution >= 0.6 is 0 Å². The van der Waals surface area contributed by atoms with Crippen LogP contribution in [0.15, 0.2) is 85.1 Å². The van der Waals surface area contributed by atoms with E-state index >= 15 is 0 Å². The number of imidazole rings is 1. The van der Waals surface area contributed by atoms with Gasteiger partial charge in [-0.2, -0.15) is 0 Å². The predicted octanol–water partition coefficient (Wildman–Crippen LogP) is 6.09. The lowest BCUT2D eigenvalue weighted by Crippen LogP contribution is -2.47. The average molecular weight is 517 g/mol. The van der Waals surface area contributed by atoms with Crippen LogP contribution in [0.4, 0.5) is 10.3 Å². The van der Waals surface area contributed by atoms with Gasteiger partial charge in [-0.15, -0.1) is 0 Å². The molecule has 5 aromatic rings. The van der Waals surface area contributed by atoms with E-state index in [1.54, 1.807) is 30.5 Å². The Bertz CT molecular complexity index is 1830. The van der Waals surface area contributed by atoms with E-state index in [9.17, 15) is 14.0 Å². The molecule has 1 aromatic heterocycles. The summed E-state index contributed by atoms with van der Waals surface area (Å²) in [7, 11) is 0. The molecule has 7 heteroatoms. The molecule has 3 aliphatic rings. The van der Waals surface area contributed by atoms with Crippen LogP contribution in [-0.4, -0.2) is 21.8 Å². The molecule has 8 rings (SSSR count). The fourth-order valence-corrected chi connectivity index (χ4v) is 6.79. The smallest absolute Gasteiger partial charge is 0.249 e. The number of fused-ring (bicyclic) bond motifs is 2. The van der Waals surface area contributed by atoms with Crippen LogP contribution in [0.25, 0.3) is 22.0 Å². The number of hydrogen-bond acceptors (Lipinski definition) is 3. The number of anilines is 1. The largest absolute Gasteiger partial charge is 0.366 e. The zero-order valence-corrected chi connectivity index (χ0v) is 21.2. The van der Waals surface area contributed by atoms with Crippen LogP contribution in [0.2, 0.25) is 0 Å². The lowest BCUT2D eigenvalue weighted by Gasteiger charge is -2.51. The first kappa shape index (κ1) is 23.3. The first-order valence-electron chi connectivity index (χ1n) is 12.9. The van der Waals surface area contributed by atoms with Crippen molar-refractivity contribution in [1.82, 2.24) is 9.97 Å². The second-order valence-corrected chi connectivity index (χ2v) is 10.6. The number of nitrogens with two attached hydrogens (primary N) is 1. The van der Waals surface area contributed by atoms with Gasteiger partial charge in [0.1, 0.15) is 5.82 Å². The molecule has 0 saturated carbocycles. The van der Waals surface area contributed by atoms with Gasteiger partial charge in [0.25, 0.3) is 0 Å². The molecule has 3 aliphatic carbocycles. The molecule has 1 heterocycles. The van der Waals surface area contributed by atoms with E-state index in [2.05, 4.69) is 27.4 Å². The van der Waals surface area contributed by atoms with Gasteiger partial charge in [0.2, 0.25) is 17.8 Å². The maximum absolute atomic E-state index is 14.4. The minimum atomic E-state index is -0.794. The van der Waals surface area contributed by atoms with Gasteiger partial charge in [0.15, 0.2) is 0 Å². The Kier molecular flexibility index (Phi) is 5.01. The molecule has 3 unspecified atom stereocenters. The number of hydrogen-bond donors (Lipinski definition) is 3. The molecule has 0 radical (unpaired) electrons. The number of carbonyl (C=O) groups excluding carboxylic acids is 2. The van der Waals surface area contributed by atoms with Gasteiger partial charge in [-0.05, 0) is 59.2 Å². The van der Waals surface area contributed by atoms with Crippen molar-refractivity contribution in [3.8, 4) is 11.3 Å². The molecule has 2 amide bonds. The van der Waals surface area contributed by atoms with Crippen LogP contribution in [0.3, 0.4) is 0 Å². The molecule has 6 nitrogen and oxygen atoms in total. The molecule has 0 saturated heterocycles. The van der Waals surface area contributed by atoms with Crippen molar-refractivity contribution in [1.29, 1.82) is 0 Å². The van der Waals surface area contributed by atoms with Crippen molar-refractivity contribution in [3.05, 3.63) is 119 Å². The van der Waals surface area contributed by atoms with E-state index in [4.69, 9.17) is 5.73 Å². The minimum Gasteiger partial charge on any atom is -0.366 e. The third-order valence-electron chi connectivity index (χ3n) is 8.50. The van der Waals surface area contributed by atoms with Crippen LogP contribution < -0.4 is 11.1 Å². The Morgan fingerprint density at radius 2 is 1.67 bits per heavy atom. The number of benzene rings is 4. The number of halogens is 1. The van der Waals surface area contributed by atoms with Crippen LogP contribution in [0.5, 0.6) is 0 Å². The van der Waals surface area contributed by atoms with E-state index in [1.165, 1.54) is 6.07 Å². The minimum absolute atomic E-state index is 0.126. The molecule has 4 N–H and O–H groups in total. The van der Waals surface area contributed by atoms with E-state index in [1.807, 2.05) is 43.3 Å². The Morgan fingerprint density at radius 1 is 0.949 bits per heavy atom. The number of amides is 2. The van der Waals surface area contributed by atoms with Gasteiger partial charge >= 0.3 is 0 Å². The summed E-state index contributed by atoms with van der Waals surface area (Å²) in [5, 5.41) is 4.29. The van der Waals surface area contributed by atoms with Gasteiger partial charge in [0, 0.05) is 28.3 Å². The van der Waals surface area contributed by atoms with Crippen molar-refractivity contribution >= 4 is 28.5 Å². The predicted molar refractivity (Wildman–Crippen MR) is 148 cm³/mol. The summed E-state index contributed by atoms with van der Waals surface area (Å²) < 4.78 is 14.4. The van der Waals surface area contributed by atoms with Crippen LogP contribution in [0, 0.1) is 11.2 Å². The van der Waals surface area contributed by atoms with E-state index in [0.717, 1.165) is 33.2 Å². The number of rotatable bonds is 4. The highest BCUT2D eigenvalue weighted by atomic mass is 19.1. The van der Waals surface area contributed by atoms with Crippen molar-refractivity contribution < 1.29 is 14.0 Å². The quantitative estimate of drug-likeness (QED) is 0.269. The zero-order valence-electron chi connectivity index (χ0n) is 21.2. The molecular weight excluding hydrogens is 491 g/mol. The van der Waals surface area contributed by atoms with Gasteiger partial charge in [-0.25, -0.2) is 9.37 Å². The Morgan fingerprint density at radius 3 is 2.46 bits per heavy atom. The molecule has 192 valence electrons. The fraction of sp³-hybridized carbons (Fsp3) is 0.156. The summed E-state index contributed by atoms with van der Waals surface area (Å²) in [6, 6.07) is 24.2. The Hall–Kier alpha value is -4.78. The molecule has 3 atom stereocenters. The number of aromatic nitrogens is 2. The second-order valence-electron chi connectivity index (χ2n) is 10.6. The first-order valence-corrected chi connectivity index (χ1v) is 12.9. The highest BCUT2D eigenvalue weighted by molar-refractivity contribution is 6.00.